The van der Waals surface area contributed by atoms with Crippen LogP contribution in [0.15, 0.2) is 48.6 Å². The number of aliphatic hydroxyl groups excluding tert-OH is 8. The van der Waals surface area contributed by atoms with Gasteiger partial charge in [-0.25, -0.2) is 0 Å². The molecular weight excluding hydrogens is 979 g/mol. The summed E-state index contributed by atoms with van der Waals surface area (Å²) in [5, 5.41) is 87.2. The molecule has 2 aliphatic rings. The molecule has 0 bridgehead atoms. The third-order valence-corrected chi connectivity index (χ3v) is 15.3. The van der Waals surface area contributed by atoms with Crippen molar-refractivity contribution in [3.8, 4) is 0 Å². The van der Waals surface area contributed by atoms with E-state index in [9.17, 15) is 45.6 Å². The van der Waals surface area contributed by atoms with Crippen LogP contribution in [0.1, 0.15) is 251 Å². The van der Waals surface area contributed by atoms with Gasteiger partial charge in [0.2, 0.25) is 5.91 Å². The number of unbranched alkanes of at least 4 members (excludes halogenated alkanes) is 29. The number of rotatable bonds is 50. The van der Waals surface area contributed by atoms with E-state index in [0.717, 1.165) is 77.0 Å². The number of carbonyl (C=O) groups is 1. The minimum atomic E-state index is -1.78. The lowest BCUT2D eigenvalue weighted by Crippen LogP contribution is -2.65. The van der Waals surface area contributed by atoms with Crippen molar-refractivity contribution in [2.45, 2.75) is 325 Å². The van der Waals surface area contributed by atoms with Gasteiger partial charge in [0.25, 0.3) is 0 Å². The van der Waals surface area contributed by atoms with Gasteiger partial charge in [-0.1, -0.05) is 242 Å². The van der Waals surface area contributed by atoms with Gasteiger partial charge in [0.1, 0.15) is 48.8 Å². The lowest BCUT2D eigenvalue weighted by molar-refractivity contribution is -0.359. The molecule has 14 nitrogen and oxygen atoms in total. The molecule has 14 heteroatoms. The van der Waals surface area contributed by atoms with Crippen LogP contribution in [0.3, 0.4) is 0 Å². The fourth-order valence-corrected chi connectivity index (χ4v) is 10.3. The van der Waals surface area contributed by atoms with Crippen LogP contribution in [0, 0.1) is 0 Å². The summed E-state index contributed by atoms with van der Waals surface area (Å²) in [6, 6.07) is -0.827. The number of aliphatic hydroxyl groups is 8. The van der Waals surface area contributed by atoms with Crippen molar-refractivity contribution >= 4 is 5.91 Å². The second-order valence-electron chi connectivity index (χ2n) is 22.2. The minimum absolute atomic E-state index is 0.206. The van der Waals surface area contributed by atoms with Crippen LogP contribution in [-0.2, 0) is 23.7 Å². The van der Waals surface area contributed by atoms with Crippen LogP contribution in [-0.4, -0.2) is 140 Å². The number of allylic oxidation sites excluding steroid dienone is 8. The zero-order valence-electron chi connectivity index (χ0n) is 48.5. The molecule has 0 saturated carbocycles. The first-order chi connectivity index (χ1) is 37.6. The molecule has 1 amide bonds. The molecule has 0 spiro atoms. The molecule has 0 aromatic rings. The van der Waals surface area contributed by atoms with Gasteiger partial charge in [0, 0.05) is 6.42 Å². The Balaban J connectivity index is 1.63. The zero-order valence-corrected chi connectivity index (χ0v) is 48.5. The quantitative estimate of drug-likeness (QED) is 0.0204. The van der Waals surface area contributed by atoms with E-state index in [-0.39, 0.29) is 12.5 Å². The fourth-order valence-electron chi connectivity index (χ4n) is 10.3. The molecule has 12 unspecified atom stereocenters. The van der Waals surface area contributed by atoms with E-state index in [4.69, 9.17) is 18.9 Å². The first kappa shape index (κ1) is 71.1. The number of nitrogens with one attached hydrogen (secondary N) is 1. The highest BCUT2D eigenvalue weighted by Gasteiger charge is 2.51. The molecule has 12 atom stereocenters. The van der Waals surface area contributed by atoms with Crippen LogP contribution >= 0.6 is 0 Å². The Hall–Kier alpha value is -2.05. The maximum Gasteiger partial charge on any atom is 0.220 e. The fraction of sp³-hybridized carbons (Fsp3) is 0.857. The molecule has 0 aliphatic carbocycles. The average molecular weight is 1090 g/mol. The molecule has 77 heavy (non-hydrogen) atoms. The Morgan fingerprint density at radius 2 is 0.896 bits per heavy atom. The Morgan fingerprint density at radius 3 is 1.38 bits per heavy atom. The highest BCUT2D eigenvalue weighted by Crippen LogP contribution is 2.30. The summed E-state index contributed by atoms with van der Waals surface area (Å²) in [6.45, 7) is 2.75. The molecule has 2 aliphatic heterocycles. The van der Waals surface area contributed by atoms with Crippen LogP contribution in [0.25, 0.3) is 0 Å². The summed E-state index contributed by atoms with van der Waals surface area (Å²) < 4.78 is 22.8. The van der Waals surface area contributed by atoms with Crippen molar-refractivity contribution in [3.05, 3.63) is 48.6 Å². The van der Waals surface area contributed by atoms with Crippen LogP contribution in [0.2, 0.25) is 0 Å². The van der Waals surface area contributed by atoms with E-state index in [2.05, 4.69) is 67.8 Å². The summed E-state index contributed by atoms with van der Waals surface area (Å²) in [7, 11) is 0. The predicted octanol–water partition coefficient (Wildman–Crippen LogP) is 11.2. The monoisotopic (exact) mass is 1090 g/mol. The maximum atomic E-state index is 13.3. The van der Waals surface area contributed by atoms with E-state index in [1.54, 1.807) is 0 Å². The van der Waals surface area contributed by atoms with E-state index in [0.29, 0.717) is 12.8 Å². The molecular formula is C63H115NO13. The topological polar surface area (TPSA) is 228 Å². The second-order valence-corrected chi connectivity index (χ2v) is 22.2. The third kappa shape index (κ3) is 34.1. The maximum absolute atomic E-state index is 13.3. The first-order valence-corrected chi connectivity index (χ1v) is 31.4. The minimum Gasteiger partial charge on any atom is -0.394 e. The summed E-state index contributed by atoms with van der Waals surface area (Å²) in [4.78, 5) is 13.3. The van der Waals surface area contributed by atoms with Crippen molar-refractivity contribution in [2.75, 3.05) is 19.8 Å². The number of hydrogen-bond donors (Lipinski definition) is 9. The van der Waals surface area contributed by atoms with Crippen molar-refractivity contribution in [1.82, 2.24) is 5.32 Å². The van der Waals surface area contributed by atoms with Crippen LogP contribution in [0.5, 0.6) is 0 Å². The summed E-state index contributed by atoms with van der Waals surface area (Å²) in [5.41, 5.74) is 0. The summed E-state index contributed by atoms with van der Waals surface area (Å²) in [5.74, 6) is -0.206. The van der Waals surface area contributed by atoms with Crippen LogP contribution < -0.4 is 5.32 Å². The van der Waals surface area contributed by atoms with E-state index < -0.39 is 86.8 Å². The second kappa shape index (κ2) is 48.6. The first-order valence-electron chi connectivity index (χ1n) is 31.4. The third-order valence-electron chi connectivity index (χ3n) is 15.3. The number of ether oxygens (including phenoxy) is 4. The predicted molar refractivity (Wildman–Crippen MR) is 309 cm³/mol. The van der Waals surface area contributed by atoms with E-state index in [1.165, 1.54) is 148 Å². The average Bonchev–Trinajstić information content (AvgIpc) is 3.43. The molecule has 2 rings (SSSR count). The van der Waals surface area contributed by atoms with E-state index in [1.807, 2.05) is 0 Å². The lowest BCUT2D eigenvalue weighted by Gasteiger charge is -2.46. The normalized spacial score (nSPS) is 25.0. The summed E-state index contributed by atoms with van der Waals surface area (Å²) >= 11 is 0. The molecule has 450 valence electrons. The Kier molecular flexibility index (Phi) is 44.9. The van der Waals surface area contributed by atoms with Gasteiger partial charge < -0.3 is 65.1 Å². The van der Waals surface area contributed by atoms with Gasteiger partial charge in [-0.3, -0.25) is 4.79 Å². The van der Waals surface area contributed by atoms with Crippen LogP contribution in [0.4, 0.5) is 0 Å². The van der Waals surface area contributed by atoms with Crippen molar-refractivity contribution in [2.24, 2.45) is 0 Å². The molecule has 2 saturated heterocycles. The zero-order chi connectivity index (χ0) is 56.0. The Labute approximate surface area is 467 Å². The van der Waals surface area contributed by atoms with Gasteiger partial charge in [-0.2, -0.15) is 0 Å². The Morgan fingerprint density at radius 1 is 0.481 bits per heavy atom. The van der Waals surface area contributed by atoms with Crippen molar-refractivity contribution in [1.29, 1.82) is 0 Å². The van der Waals surface area contributed by atoms with Gasteiger partial charge in [-0.05, 0) is 51.4 Å². The highest BCUT2D eigenvalue weighted by atomic mass is 16.7. The Bertz CT molecular complexity index is 1480. The number of hydrogen-bond acceptors (Lipinski definition) is 13. The largest absolute Gasteiger partial charge is 0.394 e. The van der Waals surface area contributed by atoms with Gasteiger partial charge in [-0.15, -0.1) is 0 Å². The molecule has 2 fully saturated rings. The lowest BCUT2D eigenvalue weighted by atomic mass is 9.97. The van der Waals surface area contributed by atoms with Gasteiger partial charge >= 0.3 is 0 Å². The molecule has 0 aromatic carbocycles. The van der Waals surface area contributed by atoms with Crippen molar-refractivity contribution < 1.29 is 64.6 Å². The number of carbonyl (C=O) groups excluding carboxylic acids is 1. The SMILES string of the molecule is CC/C=C\C/C=C\C/C=C\C/C=C\CCCCCCCCCCCCCCCCCCCCC(=O)NC(COC1OC(CO)C(OC2OC(CO)C(O)C(O)C2O)C(O)C1O)C(O)CCCCCCCCCCCCCC. The molecule has 9 N–H and O–H groups in total. The van der Waals surface area contributed by atoms with Crippen molar-refractivity contribution in [3.63, 3.8) is 0 Å². The van der Waals surface area contributed by atoms with Gasteiger partial charge in [0.15, 0.2) is 12.6 Å². The highest BCUT2D eigenvalue weighted by molar-refractivity contribution is 5.76. The number of amides is 1. The standard InChI is InChI=1S/C63H115NO13/c1-3-5-7-9-11-13-15-17-18-19-20-21-22-23-24-25-26-27-28-29-30-31-32-33-34-35-37-39-41-43-45-47-55(68)64-51(52(67)46-44-42-40-38-36-16-14-12-10-8-6-4-2)50-74-62-60(73)58(71)61(54(49-66)76-62)77-63-59(72)57(70)56(69)53(48-65)75-63/h5,7,11,13,17-18,20-21,51-54,56-63,65-67,69-73H,3-4,6,8-10,12,14-16,19,22-50H2,1-2H3,(H,64,68)/b7-5-,13-11-,18-17-,21-20-. The van der Waals surface area contributed by atoms with E-state index >= 15 is 0 Å². The molecule has 0 radical (unpaired) electrons. The summed E-state index contributed by atoms with van der Waals surface area (Å²) in [6.07, 6.45) is 44.2. The molecule has 2 heterocycles. The smallest absolute Gasteiger partial charge is 0.220 e. The van der Waals surface area contributed by atoms with Gasteiger partial charge in [0.05, 0.1) is 32.0 Å². The molecule has 0 aromatic heterocycles.